The first-order valence-electron chi connectivity index (χ1n) is 7.73. The van der Waals surface area contributed by atoms with Gasteiger partial charge in [-0.2, -0.15) is 0 Å². The number of nitrogens with zero attached hydrogens (tertiary/aromatic N) is 1. The standard InChI is InChI=1S/C17H25Cl2NO/c1-4-20(10-11-21-3)13(2)17(8-5-9-17)14-6-7-15(18)16(19)12-14/h6-7,12-13H,4-5,8-11H2,1-3H3. The van der Waals surface area contributed by atoms with Crippen LogP contribution in [-0.4, -0.2) is 37.7 Å². The molecular weight excluding hydrogens is 305 g/mol. The van der Waals surface area contributed by atoms with Crippen LogP contribution < -0.4 is 0 Å². The summed E-state index contributed by atoms with van der Waals surface area (Å²) in [6.07, 6.45) is 3.72. The third kappa shape index (κ3) is 3.39. The third-order valence-corrected chi connectivity index (χ3v) is 5.82. The monoisotopic (exact) mass is 329 g/mol. The highest BCUT2D eigenvalue weighted by molar-refractivity contribution is 6.42. The highest BCUT2D eigenvalue weighted by Crippen LogP contribution is 2.49. The molecule has 0 heterocycles. The Morgan fingerprint density at radius 3 is 2.48 bits per heavy atom. The van der Waals surface area contributed by atoms with E-state index < -0.39 is 0 Å². The second-order valence-electron chi connectivity index (χ2n) is 5.94. The summed E-state index contributed by atoms with van der Waals surface area (Å²) < 4.78 is 5.25. The smallest absolute Gasteiger partial charge is 0.0595 e. The molecule has 2 rings (SSSR count). The molecule has 1 aromatic carbocycles. The summed E-state index contributed by atoms with van der Waals surface area (Å²) in [6, 6.07) is 6.61. The van der Waals surface area contributed by atoms with Crippen LogP contribution in [0.3, 0.4) is 0 Å². The molecule has 4 heteroatoms. The molecule has 21 heavy (non-hydrogen) atoms. The fraction of sp³-hybridized carbons (Fsp3) is 0.647. The molecule has 0 radical (unpaired) electrons. The van der Waals surface area contributed by atoms with Crippen LogP contribution in [0.25, 0.3) is 0 Å². The van der Waals surface area contributed by atoms with Crippen LogP contribution in [0.4, 0.5) is 0 Å². The van der Waals surface area contributed by atoms with Crippen LogP contribution in [-0.2, 0) is 10.2 Å². The first kappa shape index (κ1) is 17.1. The van der Waals surface area contributed by atoms with Gasteiger partial charge in [0.15, 0.2) is 0 Å². The Morgan fingerprint density at radius 2 is 2.00 bits per heavy atom. The van der Waals surface area contributed by atoms with E-state index in [9.17, 15) is 0 Å². The molecule has 0 aromatic heterocycles. The molecule has 0 amide bonds. The summed E-state index contributed by atoms with van der Waals surface area (Å²) in [5.74, 6) is 0. The maximum absolute atomic E-state index is 6.24. The van der Waals surface area contributed by atoms with Crippen molar-refractivity contribution >= 4 is 23.2 Å². The van der Waals surface area contributed by atoms with Gasteiger partial charge in [0, 0.05) is 25.1 Å². The largest absolute Gasteiger partial charge is 0.383 e. The number of hydrogen-bond donors (Lipinski definition) is 0. The SMILES string of the molecule is CCN(CCOC)C(C)C1(c2ccc(Cl)c(Cl)c2)CCC1. The van der Waals surface area contributed by atoms with Crippen molar-refractivity contribution in [3.63, 3.8) is 0 Å². The van der Waals surface area contributed by atoms with Crippen molar-refractivity contribution in [1.29, 1.82) is 0 Å². The van der Waals surface area contributed by atoms with Gasteiger partial charge in [0.1, 0.15) is 0 Å². The number of methoxy groups -OCH3 is 1. The van der Waals surface area contributed by atoms with Crippen molar-refractivity contribution in [1.82, 2.24) is 4.90 Å². The van der Waals surface area contributed by atoms with E-state index in [1.165, 1.54) is 24.8 Å². The average molecular weight is 330 g/mol. The van der Waals surface area contributed by atoms with E-state index in [2.05, 4.69) is 30.9 Å². The van der Waals surface area contributed by atoms with Crippen molar-refractivity contribution in [3.05, 3.63) is 33.8 Å². The fourth-order valence-electron chi connectivity index (χ4n) is 3.49. The van der Waals surface area contributed by atoms with Gasteiger partial charge in [-0.1, -0.05) is 42.6 Å². The van der Waals surface area contributed by atoms with Crippen molar-refractivity contribution in [3.8, 4) is 0 Å². The maximum atomic E-state index is 6.24. The fourth-order valence-corrected chi connectivity index (χ4v) is 3.79. The quantitative estimate of drug-likeness (QED) is 0.714. The summed E-state index contributed by atoms with van der Waals surface area (Å²) in [5, 5.41) is 1.29. The van der Waals surface area contributed by atoms with Gasteiger partial charge in [-0.3, -0.25) is 4.90 Å². The molecule has 1 unspecified atom stereocenters. The lowest BCUT2D eigenvalue weighted by Crippen LogP contribution is -2.53. The molecule has 1 aliphatic carbocycles. The number of likely N-dealkylation sites (N-methyl/N-ethyl adjacent to an activating group) is 1. The lowest BCUT2D eigenvalue weighted by molar-refractivity contribution is 0.0549. The molecule has 118 valence electrons. The molecule has 0 spiro atoms. The Kier molecular flexibility index (Phi) is 5.96. The molecule has 2 nitrogen and oxygen atoms in total. The van der Waals surface area contributed by atoms with Crippen molar-refractivity contribution in [2.24, 2.45) is 0 Å². The van der Waals surface area contributed by atoms with Crippen molar-refractivity contribution < 1.29 is 4.74 Å². The van der Waals surface area contributed by atoms with Crippen LogP contribution in [0, 0.1) is 0 Å². The van der Waals surface area contributed by atoms with E-state index in [1.807, 2.05) is 6.07 Å². The minimum Gasteiger partial charge on any atom is -0.383 e. The molecule has 1 aliphatic rings. The Balaban J connectivity index is 2.25. The lowest BCUT2D eigenvalue weighted by atomic mass is 9.60. The summed E-state index contributed by atoms with van der Waals surface area (Å²) in [7, 11) is 1.76. The lowest BCUT2D eigenvalue weighted by Gasteiger charge is -2.51. The second-order valence-corrected chi connectivity index (χ2v) is 6.75. The predicted octanol–water partition coefficient (Wildman–Crippen LogP) is 4.77. The van der Waals surface area contributed by atoms with E-state index in [1.54, 1.807) is 7.11 Å². The Hall–Kier alpha value is -0.280. The van der Waals surface area contributed by atoms with Crippen LogP contribution >= 0.6 is 23.2 Å². The maximum Gasteiger partial charge on any atom is 0.0595 e. The minimum atomic E-state index is 0.206. The van der Waals surface area contributed by atoms with Crippen LogP contribution in [0.1, 0.15) is 38.7 Å². The van der Waals surface area contributed by atoms with Gasteiger partial charge in [0.25, 0.3) is 0 Å². The number of benzene rings is 1. The van der Waals surface area contributed by atoms with E-state index in [4.69, 9.17) is 27.9 Å². The first-order valence-corrected chi connectivity index (χ1v) is 8.49. The van der Waals surface area contributed by atoms with Crippen LogP contribution in [0.15, 0.2) is 18.2 Å². The van der Waals surface area contributed by atoms with Gasteiger partial charge in [-0.25, -0.2) is 0 Å². The Bertz CT molecular complexity index is 474. The third-order valence-electron chi connectivity index (χ3n) is 5.08. The van der Waals surface area contributed by atoms with E-state index >= 15 is 0 Å². The number of rotatable bonds is 7. The van der Waals surface area contributed by atoms with Crippen molar-refractivity contribution in [2.45, 2.75) is 44.6 Å². The minimum absolute atomic E-state index is 0.206. The Labute approximate surface area is 138 Å². The van der Waals surface area contributed by atoms with E-state index in [0.29, 0.717) is 16.1 Å². The average Bonchev–Trinajstić information content (AvgIpc) is 2.42. The molecule has 1 saturated carbocycles. The van der Waals surface area contributed by atoms with Crippen LogP contribution in [0.5, 0.6) is 0 Å². The molecule has 0 bridgehead atoms. The molecule has 1 aromatic rings. The van der Waals surface area contributed by atoms with Gasteiger partial charge in [-0.05, 0) is 44.0 Å². The van der Waals surface area contributed by atoms with Gasteiger partial charge in [0.2, 0.25) is 0 Å². The predicted molar refractivity (Wildman–Crippen MR) is 90.6 cm³/mol. The van der Waals surface area contributed by atoms with Gasteiger partial charge in [0.05, 0.1) is 16.7 Å². The number of ether oxygens (including phenoxy) is 1. The van der Waals surface area contributed by atoms with Crippen molar-refractivity contribution in [2.75, 3.05) is 26.8 Å². The summed E-state index contributed by atoms with van der Waals surface area (Å²) >= 11 is 12.3. The topological polar surface area (TPSA) is 12.5 Å². The highest BCUT2D eigenvalue weighted by Gasteiger charge is 2.45. The highest BCUT2D eigenvalue weighted by atomic mass is 35.5. The number of halogens is 2. The second kappa shape index (κ2) is 7.32. The zero-order chi connectivity index (χ0) is 15.5. The zero-order valence-corrected chi connectivity index (χ0v) is 14.7. The zero-order valence-electron chi connectivity index (χ0n) is 13.2. The Morgan fingerprint density at radius 1 is 1.29 bits per heavy atom. The molecule has 0 aliphatic heterocycles. The molecule has 0 saturated heterocycles. The van der Waals surface area contributed by atoms with E-state index in [-0.39, 0.29) is 5.41 Å². The summed E-state index contributed by atoms with van der Waals surface area (Å²) in [4.78, 5) is 2.51. The van der Waals surface area contributed by atoms with Gasteiger partial charge >= 0.3 is 0 Å². The first-order chi connectivity index (χ1) is 10.0. The molecule has 1 fully saturated rings. The summed E-state index contributed by atoms with van der Waals surface area (Å²) in [6.45, 7) is 7.33. The van der Waals surface area contributed by atoms with E-state index in [0.717, 1.165) is 19.7 Å². The molecule has 0 N–H and O–H groups in total. The number of hydrogen-bond acceptors (Lipinski definition) is 2. The van der Waals surface area contributed by atoms with Crippen LogP contribution in [0.2, 0.25) is 10.0 Å². The van der Waals surface area contributed by atoms with Gasteiger partial charge < -0.3 is 4.74 Å². The normalized spacial score (nSPS) is 18.6. The molecular formula is C17H25Cl2NO. The summed E-state index contributed by atoms with van der Waals surface area (Å²) in [5.41, 5.74) is 1.53. The molecule has 1 atom stereocenters. The van der Waals surface area contributed by atoms with Gasteiger partial charge in [-0.15, -0.1) is 0 Å².